The van der Waals surface area contributed by atoms with Crippen LogP contribution in [-0.2, 0) is 11.3 Å². The number of aryl methyl sites for hydroxylation is 1. The van der Waals surface area contributed by atoms with Gasteiger partial charge in [-0.3, -0.25) is 4.98 Å². The predicted molar refractivity (Wildman–Crippen MR) is 70.0 cm³/mol. The van der Waals surface area contributed by atoms with Crippen LogP contribution in [0.15, 0.2) is 24.3 Å². The summed E-state index contributed by atoms with van der Waals surface area (Å²) in [5, 5.41) is 4.13. The van der Waals surface area contributed by atoms with E-state index in [2.05, 4.69) is 10.3 Å². The van der Waals surface area contributed by atoms with Gasteiger partial charge in [-0.25, -0.2) is 4.39 Å². The van der Waals surface area contributed by atoms with E-state index in [4.69, 9.17) is 4.74 Å². The van der Waals surface area contributed by atoms with E-state index in [1.54, 1.807) is 13.2 Å². The third-order valence-electron chi connectivity index (χ3n) is 2.78. The molecule has 0 aliphatic carbocycles. The molecule has 0 aliphatic rings. The number of hydrogen-bond acceptors (Lipinski definition) is 3. The number of fused-ring (bicyclic) bond motifs is 1. The average Bonchev–Trinajstić information content (AvgIpc) is 2.35. The molecule has 1 N–H and O–H groups in total. The fourth-order valence-electron chi connectivity index (χ4n) is 1.96. The van der Waals surface area contributed by atoms with Crippen molar-refractivity contribution in [3.05, 3.63) is 41.3 Å². The zero-order valence-electron chi connectivity index (χ0n) is 10.7. The number of hydrogen-bond donors (Lipinski definition) is 1. The summed E-state index contributed by atoms with van der Waals surface area (Å²) in [7, 11) is 1.67. The maximum absolute atomic E-state index is 13.3. The fourth-order valence-corrected chi connectivity index (χ4v) is 1.96. The second-order valence-corrected chi connectivity index (χ2v) is 4.25. The van der Waals surface area contributed by atoms with Crippen LogP contribution in [0.25, 0.3) is 10.9 Å². The Morgan fingerprint density at radius 2 is 2.17 bits per heavy atom. The molecule has 4 heteroatoms. The van der Waals surface area contributed by atoms with Gasteiger partial charge in [-0.1, -0.05) is 0 Å². The van der Waals surface area contributed by atoms with Crippen LogP contribution in [0.4, 0.5) is 4.39 Å². The van der Waals surface area contributed by atoms with Crippen molar-refractivity contribution >= 4 is 10.9 Å². The summed E-state index contributed by atoms with van der Waals surface area (Å²) in [6, 6.07) is 6.68. The summed E-state index contributed by atoms with van der Waals surface area (Å²) in [6.45, 7) is 4.07. The van der Waals surface area contributed by atoms with Crippen molar-refractivity contribution in [3.8, 4) is 0 Å². The van der Waals surface area contributed by atoms with Crippen LogP contribution >= 0.6 is 0 Å². The van der Waals surface area contributed by atoms with Gasteiger partial charge in [0.1, 0.15) is 5.82 Å². The molecule has 0 radical (unpaired) electrons. The highest BCUT2D eigenvalue weighted by Gasteiger charge is 2.05. The van der Waals surface area contributed by atoms with Gasteiger partial charge < -0.3 is 10.1 Å². The lowest BCUT2D eigenvalue weighted by atomic mass is 10.1. The first-order valence-electron chi connectivity index (χ1n) is 5.96. The molecule has 0 amide bonds. The number of methoxy groups -OCH3 is 1. The number of benzene rings is 1. The molecule has 1 heterocycles. The largest absolute Gasteiger partial charge is 0.383 e. The monoisotopic (exact) mass is 248 g/mol. The van der Waals surface area contributed by atoms with E-state index in [0.717, 1.165) is 28.7 Å². The molecule has 0 bridgehead atoms. The Labute approximate surface area is 106 Å². The lowest BCUT2D eigenvalue weighted by Gasteiger charge is -2.09. The Morgan fingerprint density at radius 1 is 1.33 bits per heavy atom. The zero-order valence-corrected chi connectivity index (χ0v) is 10.7. The van der Waals surface area contributed by atoms with Gasteiger partial charge in [-0.15, -0.1) is 0 Å². The smallest absolute Gasteiger partial charge is 0.123 e. The Morgan fingerprint density at radius 3 is 2.94 bits per heavy atom. The maximum Gasteiger partial charge on any atom is 0.123 e. The van der Waals surface area contributed by atoms with Crippen LogP contribution < -0.4 is 5.32 Å². The van der Waals surface area contributed by atoms with E-state index in [-0.39, 0.29) is 5.82 Å². The third-order valence-corrected chi connectivity index (χ3v) is 2.78. The van der Waals surface area contributed by atoms with Gasteiger partial charge in [-0.2, -0.15) is 0 Å². The SMILES string of the molecule is COCCNCc1cc(C)nc2ccc(F)cc12. The number of aromatic nitrogens is 1. The molecule has 0 unspecified atom stereocenters. The summed E-state index contributed by atoms with van der Waals surface area (Å²) in [5.41, 5.74) is 2.84. The van der Waals surface area contributed by atoms with Gasteiger partial charge in [0.25, 0.3) is 0 Å². The van der Waals surface area contributed by atoms with Crippen LogP contribution in [0.2, 0.25) is 0 Å². The number of halogens is 1. The molecule has 0 spiro atoms. The highest BCUT2D eigenvalue weighted by Crippen LogP contribution is 2.19. The molecule has 2 aromatic rings. The number of nitrogens with one attached hydrogen (secondary N) is 1. The van der Waals surface area contributed by atoms with Crippen molar-refractivity contribution in [2.45, 2.75) is 13.5 Å². The summed E-state index contributed by atoms with van der Waals surface area (Å²) >= 11 is 0. The Balaban J connectivity index is 2.27. The first-order valence-corrected chi connectivity index (χ1v) is 5.96. The lowest BCUT2D eigenvalue weighted by molar-refractivity contribution is 0.199. The molecule has 96 valence electrons. The van der Waals surface area contributed by atoms with E-state index < -0.39 is 0 Å². The molecule has 3 nitrogen and oxygen atoms in total. The third kappa shape index (κ3) is 3.03. The first-order chi connectivity index (χ1) is 8.70. The van der Waals surface area contributed by atoms with Gasteiger partial charge in [0.05, 0.1) is 12.1 Å². The van der Waals surface area contributed by atoms with Crippen LogP contribution in [-0.4, -0.2) is 25.2 Å². The van der Waals surface area contributed by atoms with Crippen LogP contribution in [0.1, 0.15) is 11.3 Å². The van der Waals surface area contributed by atoms with Gasteiger partial charge >= 0.3 is 0 Å². The van der Waals surface area contributed by atoms with Crippen LogP contribution in [0, 0.1) is 12.7 Å². The molecule has 0 fully saturated rings. The maximum atomic E-state index is 13.3. The predicted octanol–water partition coefficient (Wildman–Crippen LogP) is 2.42. The minimum atomic E-state index is -0.230. The molecule has 0 saturated heterocycles. The molecule has 18 heavy (non-hydrogen) atoms. The van der Waals surface area contributed by atoms with E-state index >= 15 is 0 Å². The lowest BCUT2D eigenvalue weighted by Crippen LogP contribution is -2.18. The molecule has 1 aromatic carbocycles. The quantitative estimate of drug-likeness (QED) is 0.825. The molecular weight excluding hydrogens is 231 g/mol. The standard InChI is InChI=1S/C14H17FN2O/c1-10-7-11(9-16-5-6-18-2)13-8-12(15)3-4-14(13)17-10/h3-4,7-8,16H,5-6,9H2,1-2H3. The van der Waals surface area contributed by atoms with Crippen LogP contribution in [0.3, 0.4) is 0 Å². The van der Waals surface area contributed by atoms with E-state index in [9.17, 15) is 4.39 Å². The van der Waals surface area contributed by atoms with Gasteiger partial charge in [-0.05, 0) is 36.8 Å². The van der Waals surface area contributed by atoms with Crippen molar-refractivity contribution in [3.63, 3.8) is 0 Å². The molecular formula is C14H17FN2O. The molecule has 2 rings (SSSR count). The Hall–Kier alpha value is -1.52. The number of rotatable bonds is 5. The van der Waals surface area contributed by atoms with Gasteiger partial charge in [0, 0.05) is 31.3 Å². The Kier molecular flexibility index (Phi) is 4.23. The highest BCUT2D eigenvalue weighted by molar-refractivity contribution is 5.82. The van der Waals surface area contributed by atoms with Crippen molar-refractivity contribution < 1.29 is 9.13 Å². The normalized spacial score (nSPS) is 11.1. The minimum Gasteiger partial charge on any atom is -0.383 e. The first kappa shape index (κ1) is 12.9. The Bertz CT molecular complexity index is 543. The second-order valence-electron chi connectivity index (χ2n) is 4.25. The topological polar surface area (TPSA) is 34.1 Å². The van der Waals surface area contributed by atoms with Crippen molar-refractivity contribution in [1.29, 1.82) is 0 Å². The fraction of sp³-hybridized carbons (Fsp3) is 0.357. The van der Waals surface area contributed by atoms with E-state index in [0.29, 0.717) is 13.2 Å². The summed E-state index contributed by atoms with van der Waals surface area (Å²) in [4.78, 5) is 4.40. The molecule has 0 atom stereocenters. The van der Waals surface area contributed by atoms with Gasteiger partial charge in [0.2, 0.25) is 0 Å². The van der Waals surface area contributed by atoms with E-state index in [1.807, 2.05) is 13.0 Å². The van der Waals surface area contributed by atoms with E-state index in [1.165, 1.54) is 12.1 Å². The number of nitrogens with zero attached hydrogens (tertiary/aromatic N) is 1. The summed E-state index contributed by atoms with van der Waals surface area (Å²) < 4.78 is 18.3. The van der Waals surface area contributed by atoms with Crippen LogP contribution in [0.5, 0.6) is 0 Å². The number of pyridine rings is 1. The average molecular weight is 248 g/mol. The zero-order chi connectivity index (χ0) is 13.0. The minimum absolute atomic E-state index is 0.230. The van der Waals surface area contributed by atoms with Crippen molar-refractivity contribution in [2.24, 2.45) is 0 Å². The summed E-state index contributed by atoms with van der Waals surface area (Å²) in [6.07, 6.45) is 0. The molecule has 1 aromatic heterocycles. The van der Waals surface area contributed by atoms with Gasteiger partial charge in [0.15, 0.2) is 0 Å². The van der Waals surface area contributed by atoms with Crippen molar-refractivity contribution in [1.82, 2.24) is 10.3 Å². The highest BCUT2D eigenvalue weighted by atomic mass is 19.1. The summed E-state index contributed by atoms with van der Waals surface area (Å²) in [5.74, 6) is -0.230. The van der Waals surface area contributed by atoms with Crippen molar-refractivity contribution in [2.75, 3.05) is 20.3 Å². The second kappa shape index (κ2) is 5.89. The molecule has 0 saturated carbocycles. The molecule has 0 aliphatic heterocycles. The number of ether oxygens (including phenoxy) is 1.